The van der Waals surface area contributed by atoms with Gasteiger partial charge >= 0.3 is 0 Å². The molecule has 1 heterocycles. The summed E-state index contributed by atoms with van der Waals surface area (Å²) in [7, 11) is 0. The first-order valence-electron chi connectivity index (χ1n) is 6.47. The van der Waals surface area contributed by atoms with Crippen molar-refractivity contribution in [2.75, 3.05) is 17.6 Å². The Labute approximate surface area is 113 Å². The van der Waals surface area contributed by atoms with Crippen LogP contribution >= 0.6 is 11.8 Å². The lowest BCUT2D eigenvalue weighted by Gasteiger charge is -2.18. The van der Waals surface area contributed by atoms with Gasteiger partial charge in [-0.3, -0.25) is 4.79 Å². The van der Waals surface area contributed by atoms with E-state index in [1.54, 1.807) is 0 Å². The summed E-state index contributed by atoms with van der Waals surface area (Å²) < 4.78 is 0. The minimum absolute atomic E-state index is 0.00570. The normalized spacial score (nSPS) is 22.8. The van der Waals surface area contributed by atoms with Crippen LogP contribution in [0.1, 0.15) is 30.6 Å². The molecule has 1 amide bonds. The molecule has 98 valence electrons. The number of carbonyl (C=O) groups excluding carboxylic acids is 1. The molecule has 0 spiro atoms. The van der Waals surface area contributed by atoms with Crippen LogP contribution in [0.25, 0.3) is 0 Å². The van der Waals surface area contributed by atoms with Crippen molar-refractivity contribution in [2.24, 2.45) is 0 Å². The second-order valence-electron chi connectivity index (χ2n) is 4.55. The second-order valence-corrected chi connectivity index (χ2v) is 6.04. The molecule has 4 heteroatoms. The summed E-state index contributed by atoms with van der Waals surface area (Å²) in [6.45, 7) is 4.85. The van der Waals surface area contributed by atoms with E-state index in [1.807, 2.05) is 43.0 Å². The summed E-state index contributed by atoms with van der Waals surface area (Å²) in [6.07, 6.45) is 1.21. The molecule has 0 radical (unpaired) electrons. The van der Waals surface area contributed by atoms with Gasteiger partial charge in [0, 0.05) is 29.1 Å². The number of rotatable bonds is 4. The number of carbonyl (C=O) groups is 1. The van der Waals surface area contributed by atoms with Crippen molar-refractivity contribution in [3.8, 4) is 0 Å². The molecule has 0 saturated carbocycles. The van der Waals surface area contributed by atoms with Gasteiger partial charge in [-0.2, -0.15) is 11.8 Å². The third-order valence-corrected chi connectivity index (χ3v) is 4.54. The summed E-state index contributed by atoms with van der Waals surface area (Å²) >= 11 is 2.01. The van der Waals surface area contributed by atoms with E-state index >= 15 is 0 Å². The van der Waals surface area contributed by atoms with Crippen LogP contribution in [-0.4, -0.2) is 29.5 Å². The Bertz CT molecular complexity index is 405. The highest BCUT2D eigenvalue weighted by Gasteiger charge is 2.23. The topological polar surface area (TPSA) is 41.1 Å². The second kappa shape index (κ2) is 6.14. The Kier molecular flexibility index (Phi) is 4.53. The molecule has 2 atom stereocenters. The number of nitrogens with one attached hydrogen (secondary N) is 2. The first kappa shape index (κ1) is 13.3. The first-order chi connectivity index (χ1) is 8.70. The molecule has 0 aromatic heterocycles. The predicted octanol–water partition coefficient (Wildman–Crippen LogP) is 2.74. The summed E-state index contributed by atoms with van der Waals surface area (Å²) in [4.78, 5) is 11.6. The van der Waals surface area contributed by atoms with E-state index in [4.69, 9.17) is 0 Å². The maximum absolute atomic E-state index is 11.6. The summed E-state index contributed by atoms with van der Waals surface area (Å²) in [6, 6.07) is 8.27. The first-order valence-corrected chi connectivity index (χ1v) is 7.52. The van der Waals surface area contributed by atoms with E-state index < -0.39 is 0 Å². The van der Waals surface area contributed by atoms with Crippen LogP contribution in [0.15, 0.2) is 24.3 Å². The fourth-order valence-electron chi connectivity index (χ4n) is 2.12. The number of amides is 1. The molecule has 1 saturated heterocycles. The lowest BCUT2D eigenvalue weighted by Crippen LogP contribution is -2.25. The summed E-state index contributed by atoms with van der Waals surface area (Å²) in [5.74, 6) is 1.23. The van der Waals surface area contributed by atoms with E-state index in [0.717, 1.165) is 11.3 Å². The molecule has 1 aromatic carbocycles. The van der Waals surface area contributed by atoms with Crippen LogP contribution in [0.4, 0.5) is 5.69 Å². The van der Waals surface area contributed by atoms with Crippen molar-refractivity contribution in [3.05, 3.63) is 29.8 Å². The molecule has 0 aliphatic carbocycles. The van der Waals surface area contributed by atoms with E-state index in [9.17, 15) is 4.79 Å². The van der Waals surface area contributed by atoms with Crippen LogP contribution in [0.2, 0.25) is 0 Å². The highest BCUT2D eigenvalue weighted by atomic mass is 32.2. The average molecular weight is 264 g/mol. The monoisotopic (exact) mass is 264 g/mol. The van der Waals surface area contributed by atoms with Crippen molar-refractivity contribution < 1.29 is 4.79 Å². The summed E-state index contributed by atoms with van der Waals surface area (Å²) in [5.41, 5.74) is 1.82. The fourth-order valence-corrected chi connectivity index (χ4v) is 3.31. The number of hydrogen-bond donors (Lipinski definition) is 2. The van der Waals surface area contributed by atoms with Crippen LogP contribution in [0.5, 0.6) is 0 Å². The minimum atomic E-state index is -0.00570. The lowest BCUT2D eigenvalue weighted by molar-refractivity contribution is 0.0956. The van der Waals surface area contributed by atoms with E-state index in [0.29, 0.717) is 17.8 Å². The number of anilines is 1. The third kappa shape index (κ3) is 3.19. The molecular formula is C14H20N2OS. The predicted molar refractivity (Wildman–Crippen MR) is 78.4 cm³/mol. The van der Waals surface area contributed by atoms with Crippen molar-refractivity contribution in [3.63, 3.8) is 0 Å². The van der Waals surface area contributed by atoms with Gasteiger partial charge in [-0.15, -0.1) is 0 Å². The molecule has 18 heavy (non-hydrogen) atoms. The smallest absolute Gasteiger partial charge is 0.251 e. The molecule has 2 rings (SSSR count). The molecule has 3 nitrogen and oxygen atoms in total. The van der Waals surface area contributed by atoms with Crippen LogP contribution in [-0.2, 0) is 0 Å². The molecule has 2 unspecified atom stereocenters. The average Bonchev–Trinajstić information content (AvgIpc) is 2.76. The van der Waals surface area contributed by atoms with Crippen LogP contribution < -0.4 is 10.6 Å². The van der Waals surface area contributed by atoms with Gasteiger partial charge in [0.2, 0.25) is 0 Å². The molecule has 1 fully saturated rings. The SMILES string of the molecule is CCNC(=O)c1ccc(NC2CCSC2C)cc1. The molecule has 2 N–H and O–H groups in total. The van der Waals surface area contributed by atoms with Crippen molar-refractivity contribution in [1.29, 1.82) is 0 Å². The van der Waals surface area contributed by atoms with Crippen LogP contribution in [0.3, 0.4) is 0 Å². The Morgan fingerprint density at radius 1 is 1.39 bits per heavy atom. The zero-order chi connectivity index (χ0) is 13.0. The van der Waals surface area contributed by atoms with E-state index in [1.165, 1.54) is 12.2 Å². The molecule has 0 bridgehead atoms. The Balaban J connectivity index is 1.97. The van der Waals surface area contributed by atoms with Gasteiger partial charge in [-0.25, -0.2) is 0 Å². The lowest BCUT2D eigenvalue weighted by atomic mass is 10.1. The molecular weight excluding hydrogens is 244 g/mol. The van der Waals surface area contributed by atoms with E-state index in [2.05, 4.69) is 17.6 Å². The number of hydrogen-bond acceptors (Lipinski definition) is 3. The fraction of sp³-hybridized carbons (Fsp3) is 0.500. The zero-order valence-corrected chi connectivity index (χ0v) is 11.7. The summed E-state index contributed by atoms with van der Waals surface area (Å²) in [5, 5.41) is 7.00. The maximum atomic E-state index is 11.6. The number of benzene rings is 1. The highest BCUT2D eigenvalue weighted by Crippen LogP contribution is 2.28. The largest absolute Gasteiger partial charge is 0.381 e. The van der Waals surface area contributed by atoms with Crippen molar-refractivity contribution in [2.45, 2.75) is 31.6 Å². The number of thioether (sulfide) groups is 1. The Hall–Kier alpha value is -1.16. The van der Waals surface area contributed by atoms with Crippen LogP contribution in [0, 0.1) is 0 Å². The standard InChI is InChI=1S/C14H20N2OS/c1-3-15-14(17)11-4-6-12(7-5-11)16-13-8-9-18-10(13)2/h4-7,10,13,16H,3,8-9H2,1-2H3,(H,15,17). The Morgan fingerprint density at radius 2 is 2.11 bits per heavy atom. The van der Waals surface area contributed by atoms with Gasteiger partial charge in [0.25, 0.3) is 5.91 Å². The quantitative estimate of drug-likeness (QED) is 0.878. The van der Waals surface area contributed by atoms with Gasteiger partial charge in [0.05, 0.1) is 0 Å². The Morgan fingerprint density at radius 3 is 2.67 bits per heavy atom. The third-order valence-electron chi connectivity index (χ3n) is 3.21. The van der Waals surface area contributed by atoms with Gasteiger partial charge in [-0.05, 0) is 43.4 Å². The van der Waals surface area contributed by atoms with Gasteiger partial charge in [0.15, 0.2) is 0 Å². The van der Waals surface area contributed by atoms with Crippen molar-refractivity contribution >= 4 is 23.4 Å². The molecule has 1 aromatic rings. The molecule has 1 aliphatic heterocycles. The van der Waals surface area contributed by atoms with Crippen molar-refractivity contribution in [1.82, 2.24) is 5.32 Å². The van der Waals surface area contributed by atoms with Gasteiger partial charge in [0.1, 0.15) is 0 Å². The maximum Gasteiger partial charge on any atom is 0.251 e. The van der Waals surface area contributed by atoms with E-state index in [-0.39, 0.29) is 5.91 Å². The van der Waals surface area contributed by atoms with Gasteiger partial charge < -0.3 is 10.6 Å². The highest BCUT2D eigenvalue weighted by molar-refractivity contribution is 8.00. The van der Waals surface area contributed by atoms with Gasteiger partial charge in [-0.1, -0.05) is 6.92 Å². The minimum Gasteiger partial charge on any atom is -0.381 e. The zero-order valence-electron chi connectivity index (χ0n) is 10.9. The molecule has 1 aliphatic rings.